The molecule has 0 radical (unpaired) electrons. The Labute approximate surface area is 146 Å². The number of carbonyl (C=O) groups is 2. The molecule has 3 heterocycles. The Kier molecular flexibility index (Phi) is 3.95. The first kappa shape index (κ1) is 16.1. The third-order valence-corrected chi connectivity index (χ3v) is 5.12. The normalized spacial score (nSPS) is 23.8. The molecule has 2 aliphatic rings. The molecule has 2 amide bonds. The lowest BCUT2D eigenvalue weighted by atomic mass is 10.1. The van der Waals surface area contributed by atoms with Crippen LogP contribution in [0.5, 0.6) is 0 Å². The third-order valence-electron chi connectivity index (χ3n) is 5.12. The second-order valence-corrected chi connectivity index (χ2v) is 6.99. The van der Waals surface area contributed by atoms with E-state index < -0.39 is 0 Å². The van der Waals surface area contributed by atoms with Gasteiger partial charge in [0.05, 0.1) is 42.6 Å². The lowest BCUT2D eigenvalue weighted by Gasteiger charge is -2.29. The smallest absolute Gasteiger partial charge is 0.229 e. The maximum absolute atomic E-state index is 12.8. The van der Waals surface area contributed by atoms with E-state index in [1.165, 1.54) is 0 Å². The van der Waals surface area contributed by atoms with Crippen molar-refractivity contribution in [2.75, 3.05) is 33.4 Å². The van der Waals surface area contributed by atoms with Crippen LogP contribution in [0, 0.1) is 12.8 Å². The van der Waals surface area contributed by atoms with Crippen LogP contribution in [0.15, 0.2) is 18.2 Å². The van der Waals surface area contributed by atoms with Crippen LogP contribution < -0.4 is 0 Å². The summed E-state index contributed by atoms with van der Waals surface area (Å²) >= 11 is 0. The van der Waals surface area contributed by atoms with Gasteiger partial charge in [-0.15, -0.1) is 0 Å². The molecule has 4 rings (SSSR count). The lowest BCUT2D eigenvalue weighted by molar-refractivity contribution is -0.134. The van der Waals surface area contributed by atoms with Crippen LogP contribution in [-0.4, -0.2) is 71.0 Å². The summed E-state index contributed by atoms with van der Waals surface area (Å²) in [6.45, 7) is 3.76. The van der Waals surface area contributed by atoms with Crippen molar-refractivity contribution in [2.24, 2.45) is 5.92 Å². The second kappa shape index (κ2) is 6.15. The van der Waals surface area contributed by atoms with Gasteiger partial charge in [-0.2, -0.15) is 0 Å². The van der Waals surface area contributed by atoms with Gasteiger partial charge in [0.15, 0.2) is 0 Å². The summed E-state index contributed by atoms with van der Waals surface area (Å²) in [7, 11) is 1.80. The molecule has 2 bridgehead atoms. The van der Waals surface area contributed by atoms with E-state index in [0.29, 0.717) is 32.7 Å². The zero-order chi connectivity index (χ0) is 17.6. The molecule has 2 aromatic rings. The number of benzene rings is 1. The Hall–Kier alpha value is -2.41. The molecule has 2 saturated heterocycles. The molecule has 7 heteroatoms. The van der Waals surface area contributed by atoms with Crippen LogP contribution in [0.4, 0.5) is 0 Å². The number of likely N-dealkylation sites (N-methyl/N-ethyl adjacent to an activating group) is 1. The Balaban J connectivity index is 1.52. The summed E-state index contributed by atoms with van der Waals surface area (Å²) in [5.41, 5.74) is 2.80. The monoisotopic (exact) mass is 342 g/mol. The maximum atomic E-state index is 12.8. The fourth-order valence-electron chi connectivity index (χ4n) is 3.68. The number of nitrogens with one attached hydrogen (secondary N) is 1. The van der Waals surface area contributed by atoms with Gasteiger partial charge in [-0.3, -0.25) is 9.59 Å². The van der Waals surface area contributed by atoms with Crippen molar-refractivity contribution < 1.29 is 14.3 Å². The summed E-state index contributed by atoms with van der Waals surface area (Å²) in [6, 6.07) is 5.79. The average Bonchev–Trinajstić information content (AvgIpc) is 2.81. The predicted molar refractivity (Wildman–Crippen MR) is 92.0 cm³/mol. The molecule has 132 valence electrons. The first-order chi connectivity index (χ1) is 12.0. The number of aromatic amines is 1. The van der Waals surface area contributed by atoms with Crippen LogP contribution in [0.1, 0.15) is 11.4 Å². The number of aromatic nitrogens is 2. The molecule has 0 spiro atoms. The first-order valence-electron chi connectivity index (χ1n) is 8.58. The Morgan fingerprint density at radius 2 is 2.20 bits per heavy atom. The standard InChI is InChI=1S/C18H22N4O3/c1-11-19-15-4-3-12(5-16(15)20-11)6-17(23)22-7-13-9-25-10-14(8-22)21(2)18(13)24/h3-5,13-14H,6-10H2,1-2H3,(H,19,20)/t13-,14+/m1/s1. The fourth-order valence-corrected chi connectivity index (χ4v) is 3.68. The SMILES string of the molecule is Cc1nc2ccc(CC(=O)N3C[C@@H]4COC[C@H](C3)N(C)C4=O)cc2[nH]1. The Bertz CT molecular complexity index is 831. The Morgan fingerprint density at radius 3 is 3.04 bits per heavy atom. The zero-order valence-electron chi connectivity index (χ0n) is 14.5. The number of ether oxygens (including phenoxy) is 1. The number of carbonyl (C=O) groups excluding carboxylic acids is 2. The van der Waals surface area contributed by atoms with Gasteiger partial charge in [0.1, 0.15) is 5.82 Å². The lowest BCUT2D eigenvalue weighted by Crippen LogP contribution is -2.45. The maximum Gasteiger partial charge on any atom is 0.229 e. The van der Waals surface area contributed by atoms with Crippen LogP contribution in [0.2, 0.25) is 0 Å². The van der Waals surface area contributed by atoms with Crippen LogP contribution in [-0.2, 0) is 20.7 Å². The highest BCUT2D eigenvalue weighted by molar-refractivity contribution is 5.84. The number of aryl methyl sites for hydroxylation is 1. The van der Waals surface area contributed by atoms with Gasteiger partial charge < -0.3 is 19.5 Å². The number of imidazole rings is 1. The number of hydrogen-bond acceptors (Lipinski definition) is 4. The molecule has 2 atom stereocenters. The minimum Gasteiger partial charge on any atom is -0.378 e. The molecule has 1 aromatic heterocycles. The molecule has 0 unspecified atom stereocenters. The summed E-state index contributed by atoms with van der Waals surface area (Å²) in [4.78, 5) is 36.4. The summed E-state index contributed by atoms with van der Waals surface area (Å²) in [5, 5.41) is 0. The van der Waals surface area contributed by atoms with Gasteiger partial charge in [-0.1, -0.05) is 6.07 Å². The summed E-state index contributed by atoms with van der Waals surface area (Å²) < 4.78 is 5.59. The highest BCUT2D eigenvalue weighted by atomic mass is 16.5. The van der Waals surface area contributed by atoms with E-state index in [4.69, 9.17) is 4.74 Å². The zero-order valence-corrected chi connectivity index (χ0v) is 14.5. The molecule has 2 fully saturated rings. The van der Waals surface area contributed by atoms with Crippen LogP contribution in [0.3, 0.4) is 0 Å². The van der Waals surface area contributed by atoms with Crippen molar-refractivity contribution in [3.05, 3.63) is 29.6 Å². The van der Waals surface area contributed by atoms with E-state index in [1.54, 1.807) is 11.9 Å². The summed E-state index contributed by atoms with van der Waals surface area (Å²) in [5.74, 6) is 0.724. The van der Waals surface area contributed by atoms with Gasteiger partial charge >= 0.3 is 0 Å². The largest absolute Gasteiger partial charge is 0.378 e. The van der Waals surface area contributed by atoms with Crippen molar-refractivity contribution in [2.45, 2.75) is 19.4 Å². The minimum absolute atomic E-state index is 0.0515. The number of rotatable bonds is 2. The van der Waals surface area contributed by atoms with E-state index in [2.05, 4.69) is 9.97 Å². The molecular formula is C18H22N4O3. The van der Waals surface area contributed by atoms with Gasteiger partial charge in [-0.25, -0.2) is 4.98 Å². The van der Waals surface area contributed by atoms with Crippen molar-refractivity contribution in [1.82, 2.24) is 19.8 Å². The molecule has 1 aromatic carbocycles. The molecule has 0 saturated carbocycles. The quantitative estimate of drug-likeness (QED) is 0.873. The topological polar surface area (TPSA) is 78.5 Å². The van der Waals surface area contributed by atoms with Gasteiger partial charge in [-0.05, 0) is 24.6 Å². The van der Waals surface area contributed by atoms with Gasteiger partial charge in [0.2, 0.25) is 11.8 Å². The second-order valence-electron chi connectivity index (χ2n) is 6.99. The van der Waals surface area contributed by atoms with E-state index in [1.807, 2.05) is 30.0 Å². The Morgan fingerprint density at radius 1 is 1.36 bits per heavy atom. The van der Waals surface area contributed by atoms with E-state index >= 15 is 0 Å². The first-order valence-corrected chi connectivity index (χ1v) is 8.58. The average molecular weight is 342 g/mol. The number of hydrogen-bond donors (Lipinski definition) is 1. The molecule has 1 N–H and O–H groups in total. The highest BCUT2D eigenvalue weighted by Gasteiger charge is 2.38. The summed E-state index contributed by atoms with van der Waals surface area (Å²) in [6.07, 6.45) is 0.326. The van der Waals surface area contributed by atoms with E-state index in [0.717, 1.165) is 22.4 Å². The van der Waals surface area contributed by atoms with Crippen LogP contribution in [0.25, 0.3) is 11.0 Å². The molecule has 25 heavy (non-hydrogen) atoms. The van der Waals surface area contributed by atoms with Gasteiger partial charge in [0, 0.05) is 20.1 Å². The number of nitrogens with zero attached hydrogens (tertiary/aromatic N) is 3. The number of H-pyrrole nitrogens is 1. The van der Waals surface area contributed by atoms with Crippen molar-refractivity contribution in [3.8, 4) is 0 Å². The number of amides is 2. The van der Waals surface area contributed by atoms with E-state index in [-0.39, 0.29) is 23.8 Å². The fraction of sp³-hybridized carbons (Fsp3) is 0.500. The van der Waals surface area contributed by atoms with E-state index in [9.17, 15) is 9.59 Å². The molecule has 0 aliphatic carbocycles. The third kappa shape index (κ3) is 3.00. The highest BCUT2D eigenvalue weighted by Crippen LogP contribution is 2.21. The molecule has 2 aliphatic heterocycles. The van der Waals surface area contributed by atoms with Crippen molar-refractivity contribution >= 4 is 22.8 Å². The number of fused-ring (bicyclic) bond motifs is 4. The van der Waals surface area contributed by atoms with Gasteiger partial charge in [0.25, 0.3) is 0 Å². The molecule has 7 nitrogen and oxygen atoms in total. The van der Waals surface area contributed by atoms with Crippen LogP contribution >= 0.6 is 0 Å². The predicted octanol–water partition coefficient (Wildman–Crippen LogP) is 0.729. The molecular weight excluding hydrogens is 320 g/mol. The van der Waals surface area contributed by atoms with Crippen molar-refractivity contribution in [1.29, 1.82) is 0 Å². The van der Waals surface area contributed by atoms with Crippen molar-refractivity contribution in [3.63, 3.8) is 0 Å². The minimum atomic E-state index is -0.265.